The molecule has 39 heavy (non-hydrogen) atoms. The molecule has 0 aliphatic carbocycles. The van der Waals surface area contributed by atoms with Crippen LogP contribution in [0.4, 0.5) is 0 Å². The number of benzene rings is 3. The van der Waals surface area contributed by atoms with Gasteiger partial charge in [0.15, 0.2) is 4.80 Å². The van der Waals surface area contributed by atoms with Gasteiger partial charge in [0.05, 0.1) is 39.0 Å². The van der Waals surface area contributed by atoms with E-state index >= 15 is 0 Å². The van der Waals surface area contributed by atoms with Crippen LogP contribution in [0.3, 0.4) is 0 Å². The zero-order valence-electron chi connectivity index (χ0n) is 21.1. The zero-order chi connectivity index (χ0) is 27.5. The highest BCUT2D eigenvalue weighted by molar-refractivity contribution is 7.07. The van der Waals surface area contributed by atoms with Crippen LogP contribution in [0, 0.1) is 0 Å². The molecule has 196 valence electrons. The molecule has 1 atom stereocenters. The topological polar surface area (TPSA) is 87.0 Å². The summed E-state index contributed by atoms with van der Waals surface area (Å²) in [5, 5.41) is 0.310. The van der Waals surface area contributed by atoms with Crippen molar-refractivity contribution >= 4 is 41.0 Å². The van der Waals surface area contributed by atoms with Gasteiger partial charge in [-0.3, -0.25) is 9.36 Å². The van der Waals surface area contributed by atoms with Crippen molar-refractivity contribution in [2.45, 2.75) is 19.9 Å². The monoisotopic (exact) mass is 558 g/mol. The lowest BCUT2D eigenvalue weighted by atomic mass is 9.96. The number of halogens is 1. The summed E-state index contributed by atoms with van der Waals surface area (Å²) in [7, 11) is 0. The number of hydrogen-bond acceptors (Lipinski definition) is 7. The predicted molar refractivity (Wildman–Crippen MR) is 150 cm³/mol. The number of rotatable bonds is 6. The maximum Gasteiger partial charge on any atom is 0.345 e. The van der Waals surface area contributed by atoms with E-state index in [2.05, 4.69) is 4.99 Å². The van der Waals surface area contributed by atoms with Crippen LogP contribution in [0.1, 0.15) is 41.4 Å². The van der Waals surface area contributed by atoms with E-state index in [-0.39, 0.29) is 17.7 Å². The molecule has 1 unspecified atom stereocenters. The number of carbonyl (C=O) groups excluding carboxylic acids is 2. The Hall–Kier alpha value is -4.27. The summed E-state index contributed by atoms with van der Waals surface area (Å²) in [6.45, 7) is 3.71. The number of fused-ring (bicyclic) bond motifs is 1. The van der Waals surface area contributed by atoms with Gasteiger partial charge in [-0.15, -0.1) is 0 Å². The van der Waals surface area contributed by atoms with Gasteiger partial charge in [0.2, 0.25) is 0 Å². The number of allylic oxidation sites excluding steroid dienone is 1. The number of aromatic nitrogens is 1. The van der Waals surface area contributed by atoms with Crippen LogP contribution in [0.2, 0.25) is 5.02 Å². The smallest absolute Gasteiger partial charge is 0.345 e. The molecule has 9 heteroatoms. The van der Waals surface area contributed by atoms with E-state index in [1.54, 1.807) is 73.0 Å². The van der Waals surface area contributed by atoms with Gasteiger partial charge in [-0.1, -0.05) is 77.5 Å². The Labute approximate surface area is 232 Å². The second kappa shape index (κ2) is 11.2. The fourth-order valence-electron chi connectivity index (χ4n) is 4.31. The molecular weight excluding hydrogens is 536 g/mol. The van der Waals surface area contributed by atoms with Crippen LogP contribution in [0.5, 0.6) is 5.75 Å². The molecule has 0 N–H and O–H groups in total. The summed E-state index contributed by atoms with van der Waals surface area (Å²) in [5.74, 6) is -0.712. The quantitative estimate of drug-likeness (QED) is 0.253. The highest BCUT2D eigenvalue weighted by atomic mass is 35.5. The standard InChI is InChI=1S/C30H23ClN2O5S/c1-3-37-29(36)25-18(2)32-30-33(26(25)20-9-5-4-6-10-20)27(34)24(39-30)17-19-13-15-21(16-14-19)38-28(35)22-11-7-8-12-23(22)31/h4-17,26H,3H2,1-2H3/b24-17-. The van der Waals surface area contributed by atoms with Gasteiger partial charge in [0.1, 0.15) is 5.75 Å². The van der Waals surface area contributed by atoms with Gasteiger partial charge < -0.3 is 9.47 Å². The SMILES string of the molecule is CCOC(=O)C1=C(C)N=c2s/c(=C\c3ccc(OC(=O)c4ccccc4Cl)cc3)c(=O)n2C1c1ccccc1. The third-order valence-corrected chi connectivity index (χ3v) is 7.43. The number of hydrogen-bond donors (Lipinski definition) is 0. The molecule has 0 saturated carbocycles. The summed E-state index contributed by atoms with van der Waals surface area (Å²) >= 11 is 7.33. The molecule has 1 aliphatic heterocycles. The van der Waals surface area contributed by atoms with Gasteiger partial charge in [-0.25, -0.2) is 14.6 Å². The lowest BCUT2D eigenvalue weighted by molar-refractivity contribution is -0.139. The van der Waals surface area contributed by atoms with Crippen LogP contribution < -0.4 is 19.6 Å². The van der Waals surface area contributed by atoms with Crippen LogP contribution in [0.15, 0.2) is 99.9 Å². The van der Waals surface area contributed by atoms with Gasteiger partial charge in [-0.05, 0) is 55.3 Å². The molecule has 3 aromatic carbocycles. The number of thiazole rings is 1. The predicted octanol–water partition coefficient (Wildman–Crippen LogP) is 4.67. The molecule has 0 amide bonds. The van der Waals surface area contributed by atoms with Gasteiger partial charge >= 0.3 is 11.9 Å². The molecule has 0 saturated heterocycles. The van der Waals surface area contributed by atoms with E-state index in [0.29, 0.717) is 31.4 Å². The van der Waals surface area contributed by atoms with Crippen LogP contribution >= 0.6 is 22.9 Å². The van der Waals surface area contributed by atoms with Crippen molar-refractivity contribution in [3.63, 3.8) is 0 Å². The Balaban J connectivity index is 1.50. The third kappa shape index (κ3) is 5.34. The van der Waals surface area contributed by atoms with Crippen molar-refractivity contribution in [1.29, 1.82) is 0 Å². The summed E-state index contributed by atoms with van der Waals surface area (Å²) < 4.78 is 12.8. The molecule has 1 aliphatic rings. The highest BCUT2D eigenvalue weighted by Gasteiger charge is 2.33. The van der Waals surface area contributed by atoms with Crippen molar-refractivity contribution in [2.75, 3.05) is 6.61 Å². The molecule has 0 spiro atoms. The Bertz CT molecular complexity index is 1770. The second-order valence-electron chi connectivity index (χ2n) is 8.65. The summed E-state index contributed by atoms with van der Waals surface area (Å²) in [6.07, 6.45) is 1.74. The normalized spacial score (nSPS) is 14.9. The minimum absolute atomic E-state index is 0.214. The first-order valence-corrected chi connectivity index (χ1v) is 13.4. The van der Waals surface area contributed by atoms with E-state index in [4.69, 9.17) is 21.1 Å². The van der Waals surface area contributed by atoms with Gasteiger partial charge in [-0.2, -0.15) is 0 Å². The maximum absolute atomic E-state index is 13.7. The first-order valence-electron chi connectivity index (χ1n) is 12.2. The Morgan fingerprint density at radius 3 is 2.38 bits per heavy atom. The molecule has 0 radical (unpaired) electrons. The summed E-state index contributed by atoms with van der Waals surface area (Å²) in [5.41, 5.74) is 2.37. The molecule has 0 bridgehead atoms. The first-order chi connectivity index (χ1) is 18.9. The molecule has 5 rings (SSSR count). The van der Waals surface area contributed by atoms with Crippen LogP contribution in [0.25, 0.3) is 6.08 Å². The minimum atomic E-state index is -0.657. The third-order valence-electron chi connectivity index (χ3n) is 6.11. The van der Waals surface area contributed by atoms with Crippen LogP contribution in [-0.2, 0) is 9.53 Å². The Morgan fingerprint density at radius 2 is 1.69 bits per heavy atom. The van der Waals surface area contributed by atoms with E-state index in [0.717, 1.165) is 11.1 Å². The van der Waals surface area contributed by atoms with Crippen molar-refractivity contribution in [2.24, 2.45) is 4.99 Å². The zero-order valence-corrected chi connectivity index (χ0v) is 22.7. The molecule has 0 fully saturated rings. The van der Waals surface area contributed by atoms with Crippen molar-refractivity contribution in [3.8, 4) is 5.75 Å². The fraction of sp³-hybridized carbons (Fsp3) is 0.133. The van der Waals surface area contributed by atoms with Gasteiger partial charge in [0, 0.05) is 0 Å². The van der Waals surface area contributed by atoms with Crippen molar-refractivity contribution < 1.29 is 19.1 Å². The lowest BCUT2D eigenvalue weighted by Gasteiger charge is -2.24. The average molecular weight is 559 g/mol. The largest absolute Gasteiger partial charge is 0.463 e. The minimum Gasteiger partial charge on any atom is -0.463 e. The summed E-state index contributed by atoms with van der Waals surface area (Å²) in [4.78, 5) is 44.1. The first kappa shape index (κ1) is 26.3. The van der Waals surface area contributed by atoms with Crippen molar-refractivity contribution in [3.05, 3.63) is 132 Å². The van der Waals surface area contributed by atoms with E-state index in [9.17, 15) is 14.4 Å². The van der Waals surface area contributed by atoms with E-state index in [1.165, 1.54) is 11.3 Å². The summed E-state index contributed by atoms with van der Waals surface area (Å²) in [6, 6.07) is 22.2. The Morgan fingerprint density at radius 1 is 1.00 bits per heavy atom. The molecular formula is C30H23ClN2O5S. The molecule has 2 heterocycles. The van der Waals surface area contributed by atoms with Gasteiger partial charge in [0.25, 0.3) is 5.56 Å². The fourth-order valence-corrected chi connectivity index (χ4v) is 5.57. The molecule has 7 nitrogen and oxygen atoms in total. The molecule has 1 aromatic heterocycles. The highest BCUT2D eigenvalue weighted by Crippen LogP contribution is 2.30. The van der Waals surface area contributed by atoms with E-state index in [1.807, 2.05) is 30.3 Å². The lowest BCUT2D eigenvalue weighted by Crippen LogP contribution is -2.39. The number of carbonyl (C=O) groups is 2. The number of ether oxygens (including phenoxy) is 2. The second-order valence-corrected chi connectivity index (χ2v) is 10.1. The van der Waals surface area contributed by atoms with E-state index < -0.39 is 18.0 Å². The molecule has 4 aromatic rings. The number of esters is 2. The number of nitrogens with zero attached hydrogens (tertiary/aromatic N) is 2. The average Bonchev–Trinajstić information content (AvgIpc) is 3.23. The Kier molecular flexibility index (Phi) is 7.58. The van der Waals surface area contributed by atoms with Crippen LogP contribution in [-0.4, -0.2) is 23.1 Å². The maximum atomic E-state index is 13.7. The van der Waals surface area contributed by atoms with Crippen molar-refractivity contribution in [1.82, 2.24) is 4.57 Å².